The Kier molecular flexibility index (Phi) is 5.65. The molecule has 0 aromatic carbocycles. The van der Waals surface area contributed by atoms with Crippen molar-refractivity contribution in [3.05, 3.63) is 16.8 Å². The first-order chi connectivity index (χ1) is 11.5. The SMILES string of the molecule is CC(C)(C)OC(=O)N1CCC[C@@H](Nc2nnc(Cl)cc2C(F)(F)F)C1. The molecule has 2 rings (SSSR count). The third-order valence-electron chi connectivity index (χ3n) is 3.48. The fourth-order valence-corrected chi connectivity index (χ4v) is 2.62. The van der Waals surface area contributed by atoms with Gasteiger partial charge in [-0.3, -0.25) is 0 Å². The van der Waals surface area contributed by atoms with Crippen LogP contribution in [0.5, 0.6) is 0 Å². The minimum atomic E-state index is -4.61. The average molecular weight is 381 g/mol. The summed E-state index contributed by atoms with van der Waals surface area (Å²) < 4.78 is 44.7. The van der Waals surface area contributed by atoms with Gasteiger partial charge in [0.2, 0.25) is 0 Å². The van der Waals surface area contributed by atoms with E-state index in [1.165, 1.54) is 4.90 Å². The highest BCUT2D eigenvalue weighted by molar-refractivity contribution is 6.29. The van der Waals surface area contributed by atoms with E-state index >= 15 is 0 Å². The molecule has 1 aromatic heterocycles. The Balaban J connectivity index is 2.10. The number of ether oxygens (including phenoxy) is 1. The Hall–Kier alpha value is -1.77. The van der Waals surface area contributed by atoms with E-state index in [9.17, 15) is 18.0 Å². The summed E-state index contributed by atoms with van der Waals surface area (Å²) in [5.41, 5.74) is -1.62. The molecule has 6 nitrogen and oxygen atoms in total. The van der Waals surface area contributed by atoms with Gasteiger partial charge < -0.3 is 15.0 Å². The van der Waals surface area contributed by atoms with Crippen molar-refractivity contribution in [3.63, 3.8) is 0 Å². The number of carbonyl (C=O) groups excluding carboxylic acids is 1. The number of hydrogen-bond acceptors (Lipinski definition) is 5. The fourth-order valence-electron chi connectivity index (χ4n) is 2.47. The van der Waals surface area contributed by atoms with Crippen molar-refractivity contribution < 1.29 is 22.7 Å². The molecule has 140 valence electrons. The molecule has 1 N–H and O–H groups in total. The summed E-state index contributed by atoms with van der Waals surface area (Å²) in [6.07, 6.45) is -3.86. The van der Waals surface area contributed by atoms with Gasteiger partial charge >= 0.3 is 12.3 Å². The van der Waals surface area contributed by atoms with Crippen molar-refractivity contribution in [1.82, 2.24) is 15.1 Å². The number of rotatable bonds is 2. The van der Waals surface area contributed by atoms with Gasteiger partial charge in [0.15, 0.2) is 11.0 Å². The van der Waals surface area contributed by atoms with Gasteiger partial charge in [-0.05, 0) is 39.7 Å². The highest BCUT2D eigenvalue weighted by Gasteiger charge is 2.36. The first kappa shape index (κ1) is 19.6. The number of likely N-dealkylation sites (tertiary alicyclic amines) is 1. The first-order valence-electron chi connectivity index (χ1n) is 7.80. The fraction of sp³-hybridized carbons (Fsp3) is 0.667. The Morgan fingerprint density at radius 2 is 2.04 bits per heavy atom. The van der Waals surface area contributed by atoms with Gasteiger partial charge in [0.25, 0.3) is 0 Å². The van der Waals surface area contributed by atoms with Crippen LogP contribution in [-0.2, 0) is 10.9 Å². The van der Waals surface area contributed by atoms with Crippen LogP contribution in [0.25, 0.3) is 0 Å². The smallest absolute Gasteiger partial charge is 0.420 e. The monoisotopic (exact) mass is 380 g/mol. The third-order valence-corrected chi connectivity index (χ3v) is 3.67. The molecule has 1 amide bonds. The van der Waals surface area contributed by atoms with Crippen LogP contribution in [0.1, 0.15) is 39.2 Å². The number of piperidine rings is 1. The van der Waals surface area contributed by atoms with E-state index in [2.05, 4.69) is 15.5 Å². The first-order valence-corrected chi connectivity index (χ1v) is 8.18. The minimum absolute atomic E-state index is 0.219. The summed E-state index contributed by atoms with van der Waals surface area (Å²) >= 11 is 5.52. The van der Waals surface area contributed by atoms with Crippen LogP contribution >= 0.6 is 11.6 Å². The minimum Gasteiger partial charge on any atom is -0.444 e. The maximum Gasteiger partial charge on any atom is 0.420 e. The number of aromatic nitrogens is 2. The van der Waals surface area contributed by atoms with Gasteiger partial charge in [-0.15, -0.1) is 10.2 Å². The van der Waals surface area contributed by atoms with Crippen LogP contribution in [0.15, 0.2) is 6.07 Å². The zero-order chi connectivity index (χ0) is 18.8. The highest BCUT2D eigenvalue weighted by atomic mass is 35.5. The van der Waals surface area contributed by atoms with E-state index < -0.39 is 35.3 Å². The van der Waals surface area contributed by atoms with Crippen LogP contribution in [-0.4, -0.2) is 45.9 Å². The van der Waals surface area contributed by atoms with E-state index in [-0.39, 0.29) is 11.7 Å². The summed E-state index contributed by atoms with van der Waals surface area (Å²) in [6.45, 7) is 5.97. The molecule has 1 atom stereocenters. The van der Waals surface area contributed by atoms with Gasteiger partial charge in [0.1, 0.15) is 11.2 Å². The van der Waals surface area contributed by atoms with Crippen molar-refractivity contribution in [2.24, 2.45) is 0 Å². The molecule has 0 spiro atoms. The summed E-state index contributed by atoms with van der Waals surface area (Å²) in [5.74, 6) is -0.395. The number of nitrogens with one attached hydrogen (secondary N) is 1. The van der Waals surface area contributed by atoms with Gasteiger partial charge in [0.05, 0.1) is 0 Å². The molecule has 1 fully saturated rings. The molecule has 0 unspecified atom stereocenters. The molecule has 10 heteroatoms. The maximum absolute atomic E-state index is 13.1. The van der Waals surface area contributed by atoms with Crippen molar-refractivity contribution >= 4 is 23.5 Å². The molecule has 1 saturated heterocycles. The van der Waals surface area contributed by atoms with E-state index in [0.29, 0.717) is 19.4 Å². The molecule has 1 aliphatic rings. The second-order valence-electron chi connectivity index (χ2n) is 6.84. The van der Waals surface area contributed by atoms with Crippen molar-refractivity contribution in [2.75, 3.05) is 18.4 Å². The van der Waals surface area contributed by atoms with Gasteiger partial charge in [-0.25, -0.2) is 4.79 Å². The number of hydrogen-bond donors (Lipinski definition) is 1. The predicted molar refractivity (Wildman–Crippen MR) is 86.5 cm³/mol. The zero-order valence-electron chi connectivity index (χ0n) is 14.2. The average Bonchev–Trinajstić information content (AvgIpc) is 2.46. The van der Waals surface area contributed by atoms with E-state index in [1.54, 1.807) is 20.8 Å². The topological polar surface area (TPSA) is 67.3 Å². The molecule has 1 aliphatic heterocycles. The molecule has 2 heterocycles. The Bertz CT molecular complexity index is 634. The van der Waals surface area contributed by atoms with Gasteiger partial charge in [0, 0.05) is 19.1 Å². The van der Waals surface area contributed by atoms with Gasteiger partial charge in [-0.1, -0.05) is 11.6 Å². The predicted octanol–water partition coefficient (Wildman–Crippen LogP) is 3.96. The Labute approximate surface area is 148 Å². The normalized spacial score (nSPS) is 18.8. The maximum atomic E-state index is 13.1. The third kappa shape index (κ3) is 5.62. The zero-order valence-corrected chi connectivity index (χ0v) is 14.9. The second kappa shape index (κ2) is 7.23. The standard InChI is InChI=1S/C15H20ClF3N4O2/c1-14(2,3)25-13(24)23-6-4-5-9(8-23)20-12-10(15(17,18)19)7-11(16)21-22-12/h7,9H,4-6,8H2,1-3H3,(H,20,22)/t9-/m1/s1. The Morgan fingerprint density at radius 3 is 2.64 bits per heavy atom. The number of halogens is 4. The van der Waals surface area contributed by atoms with Crippen molar-refractivity contribution in [1.29, 1.82) is 0 Å². The lowest BCUT2D eigenvalue weighted by molar-refractivity contribution is -0.137. The lowest BCUT2D eigenvalue weighted by atomic mass is 10.1. The van der Waals surface area contributed by atoms with E-state index in [0.717, 1.165) is 6.07 Å². The summed E-state index contributed by atoms with van der Waals surface area (Å²) in [6, 6.07) is 0.337. The lowest BCUT2D eigenvalue weighted by Gasteiger charge is -2.34. The summed E-state index contributed by atoms with van der Waals surface area (Å²) in [4.78, 5) is 13.6. The molecular weight excluding hydrogens is 361 g/mol. The summed E-state index contributed by atoms with van der Waals surface area (Å²) in [7, 11) is 0. The molecule has 0 radical (unpaired) electrons. The van der Waals surface area contributed by atoms with Crippen LogP contribution in [0.4, 0.5) is 23.8 Å². The Morgan fingerprint density at radius 1 is 1.36 bits per heavy atom. The molecule has 0 saturated carbocycles. The second-order valence-corrected chi connectivity index (χ2v) is 7.22. The van der Waals surface area contributed by atoms with Crippen molar-refractivity contribution in [2.45, 2.75) is 51.4 Å². The molecule has 0 aliphatic carbocycles. The number of nitrogens with zero attached hydrogens (tertiary/aromatic N) is 3. The lowest BCUT2D eigenvalue weighted by Crippen LogP contribution is -2.47. The van der Waals surface area contributed by atoms with Crippen molar-refractivity contribution in [3.8, 4) is 0 Å². The van der Waals surface area contributed by atoms with Crippen LogP contribution < -0.4 is 5.32 Å². The van der Waals surface area contributed by atoms with E-state index in [4.69, 9.17) is 16.3 Å². The van der Waals surface area contributed by atoms with Crippen LogP contribution in [0.2, 0.25) is 5.15 Å². The number of alkyl halides is 3. The largest absolute Gasteiger partial charge is 0.444 e. The van der Waals surface area contributed by atoms with Gasteiger partial charge in [-0.2, -0.15) is 13.2 Å². The van der Waals surface area contributed by atoms with Crippen LogP contribution in [0.3, 0.4) is 0 Å². The summed E-state index contributed by atoms with van der Waals surface area (Å²) in [5, 5.41) is 9.38. The number of anilines is 1. The van der Waals surface area contributed by atoms with E-state index in [1.807, 2.05) is 0 Å². The van der Waals surface area contributed by atoms with Crippen LogP contribution in [0, 0.1) is 0 Å². The molecular formula is C15H20ClF3N4O2. The quantitative estimate of drug-likeness (QED) is 0.841. The number of amides is 1. The molecule has 0 bridgehead atoms. The number of carbonyl (C=O) groups is 1. The molecule has 1 aromatic rings. The molecule has 25 heavy (non-hydrogen) atoms. The highest BCUT2D eigenvalue weighted by Crippen LogP contribution is 2.35.